The highest BCUT2D eigenvalue weighted by Gasteiger charge is 2.13. The van der Waals surface area contributed by atoms with Gasteiger partial charge in [0.1, 0.15) is 18.1 Å². The van der Waals surface area contributed by atoms with Crippen molar-refractivity contribution in [1.29, 1.82) is 0 Å². The molecule has 0 bridgehead atoms. The van der Waals surface area contributed by atoms with Gasteiger partial charge in [0.25, 0.3) is 5.91 Å². The molecule has 5 aromatic rings. The standard InChI is InChI=1S/C30H29N3O3/c1-3-21(2)22-11-13-26(14-12-22)35-20-27-15-16-29(36-27)30(34)32-25-17-31-33(19-25)18-24-9-6-8-23-7-4-5-10-28(23)24/h4-17,19,21H,3,18,20H2,1-2H3,(H,32,34). The predicted octanol–water partition coefficient (Wildman–Crippen LogP) is 7.02. The van der Waals surface area contributed by atoms with Gasteiger partial charge in [0.2, 0.25) is 0 Å². The smallest absolute Gasteiger partial charge is 0.291 e. The number of amides is 1. The molecule has 0 aliphatic carbocycles. The number of hydrogen-bond donors (Lipinski definition) is 1. The Morgan fingerprint density at radius 2 is 1.83 bits per heavy atom. The zero-order valence-electron chi connectivity index (χ0n) is 20.5. The van der Waals surface area contributed by atoms with Crippen molar-refractivity contribution in [3.05, 3.63) is 114 Å². The van der Waals surface area contributed by atoms with Crippen molar-refractivity contribution in [1.82, 2.24) is 9.78 Å². The van der Waals surface area contributed by atoms with Crippen molar-refractivity contribution in [2.45, 2.75) is 39.3 Å². The van der Waals surface area contributed by atoms with E-state index in [0.29, 0.717) is 23.9 Å². The fraction of sp³-hybridized carbons (Fsp3) is 0.200. The number of nitrogens with one attached hydrogen (secondary N) is 1. The lowest BCUT2D eigenvalue weighted by molar-refractivity contribution is 0.0992. The number of furan rings is 1. The van der Waals surface area contributed by atoms with Crippen molar-refractivity contribution >= 4 is 22.4 Å². The number of carbonyl (C=O) groups excluding carboxylic acids is 1. The number of carbonyl (C=O) groups is 1. The van der Waals surface area contributed by atoms with Crippen LogP contribution in [0.4, 0.5) is 5.69 Å². The third-order valence-corrected chi connectivity index (χ3v) is 6.43. The molecule has 1 unspecified atom stereocenters. The van der Waals surface area contributed by atoms with Crippen LogP contribution >= 0.6 is 0 Å². The Bertz CT molecular complexity index is 1460. The first-order valence-electron chi connectivity index (χ1n) is 12.2. The van der Waals surface area contributed by atoms with E-state index in [0.717, 1.165) is 12.2 Å². The van der Waals surface area contributed by atoms with Crippen LogP contribution in [0.15, 0.2) is 95.7 Å². The van der Waals surface area contributed by atoms with Gasteiger partial charge in [-0.25, -0.2) is 0 Å². The normalized spacial score (nSPS) is 11.9. The van der Waals surface area contributed by atoms with E-state index in [9.17, 15) is 4.79 Å². The quantitative estimate of drug-likeness (QED) is 0.247. The Morgan fingerprint density at radius 3 is 2.67 bits per heavy atom. The van der Waals surface area contributed by atoms with Gasteiger partial charge in [0.15, 0.2) is 5.76 Å². The summed E-state index contributed by atoms with van der Waals surface area (Å²) >= 11 is 0. The van der Waals surface area contributed by atoms with Crippen LogP contribution in [-0.2, 0) is 13.2 Å². The van der Waals surface area contributed by atoms with Crippen LogP contribution in [0.3, 0.4) is 0 Å². The van der Waals surface area contributed by atoms with Gasteiger partial charge in [-0.2, -0.15) is 5.10 Å². The Labute approximate surface area is 210 Å². The first-order chi connectivity index (χ1) is 17.6. The third kappa shape index (κ3) is 5.33. The maximum absolute atomic E-state index is 12.7. The molecule has 36 heavy (non-hydrogen) atoms. The number of fused-ring (bicyclic) bond motifs is 1. The molecule has 0 saturated carbocycles. The van der Waals surface area contributed by atoms with Crippen LogP contribution in [0.1, 0.15) is 53.6 Å². The van der Waals surface area contributed by atoms with Gasteiger partial charge in [-0.1, -0.05) is 68.4 Å². The van der Waals surface area contributed by atoms with E-state index in [-0.39, 0.29) is 18.3 Å². The summed E-state index contributed by atoms with van der Waals surface area (Å²) in [6.07, 6.45) is 4.55. The molecule has 5 rings (SSSR count). The van der Waals surface area contributed by atoms with Gasteiger partial charge >= 0.3 is 0 Å². The Balaban J connectivity index is 1.17. The van der Waals surface area contributed by atoms with E-state index in [1.165, 1.54) is 21.9 Å². The van der Waals surface area contributed by atoms with E-state index in [4.69, 9.17) is 9.15 Å². The molecule has 1 atom stereocenters. The van der Waals surface area contributed by atoms with Gasteiger partial charge in [0, 0.05) is 6.20 Å². The van der Waals surface area contributed by atoms with Crippen molar-refractivity contribution in [2.75, 3.05) is 5.32 Å². The lowest BCUT2D eigenvalue weighted by atomic mass is 9.99. The fourth-order valence-electron chi connectivity index (χ4n) is 4.17. The SMILES string of the molecule is CCC(C)c1ccc(OCc2ccc(C(=O)Nc3cnn(Cc4cccc5ccccc45)c3)o2)cc1. The van der Waals surface area contributed by atoms with Crippen LogP contribution in [0.5, 0.6) is 5.75 Å². The van der Waals surface area contributed by atoms with Crippen molar-refractivity contribution < 1.29 is 13.9 Å². The summed E-state index contributed by atoms with van der Waals surface area (Å²) in [5.74, 6) is 1.77. The third-order valence-electron chi connectivity index (χ3n) is 6.43. The van der Waals surface area contributed by atoms with E-state index >= 15 is 0 Å². The average molecular weight is 480 g/mol. The number of anilines is 1. The molecule has 0 spiro atoms. The van der Waals surface area contributed by atoms with E-state index < -0.39 is 0 Å². The summed E-state index contributed by atoms with van der Waals surface area (Å²) in [7, 11) is 0. The van der Waals surface area contributed by atoms with Gasteiger partial charge in [-0.3, -0.25) is 9.48 Å². The molecule has 0 radical (unpaired) electrons. The second kappa shape index (κ2) is 10.5. The molecule has 0 saturated heterocycles. The molecule has 3 aromatic carbocycles. The van der Waals surface area contributed by atoms with Gasteiger partial charge < -0.3 is 14.5 Å². The minimum absolute atomic E-state index is 0.225. The summed E-state index contributed by atoms with van der Waals surface area (Å²) in [6, 6.07) is 26.0. The van der Waals surface area contributed by atoms with Crippen LogP contribution in [0.2, 0.25) is 0 Å². The lowest BCUT2D eigenvalue weighted by Gasteiger charge is -2.10. The minimum atomic E-state index is -0.330. The number of nitrogens with zero attached hydrogens (tertiary/aromatic N) is 2. The largest absolute Gasteiger partial charge is 0.486 e. The van der Waals surface area contributed by atoms with Crippen LogP contribution in [0.25, 0.3) is 10.8 Å². The molecule has 0 aliphatic heterocycles. The number of aromatic nitrogens is 2. The molecule has 182 valence electrons. The van der Waals surface area contributed by atoms with E-state index in [2.05, 4.69) is 60.7 Å². The number of rotatable bonds is 9. The average Bonchev–Trinajstić information content (AvgIpc) is 3.57. The van der Waals surface area contributed by atoms with E-state index in [1.807, 2.05) is 41.2 Å². The molecule has 1 N–H and O–H groups in total. The molecular weight excluding hydrogens is 450 g/mol. The van der Waals surface area contributed by atoms with Crippen LogP contribution in [-0.4, -0.2) is 15.7 Å². The molecular formula is C30H29N3O3. The molecule has 1 amide bonds. The molecule has 6 nitrogen and oxygen atoms in total. The fourth-order valence-corrected chi connectivity index (χ4v) is 4.17. The second-order valence-corrected chi connectivity index (χ2v) is 8.95. The maximum atomic E-state index is 12.7. The predicted molar refractivity (Wildman–Crippen MR) is 141 cm³/mol. The Kier molecular flexibility index (Phi) is 6.85. The monoisotopic (exact) mass is 479 g/mol. The highest BCUT2D eigenvalue weighted by Crippen LogP contribution is 2.23. The van der Waals surface area contributed by atoms with Gasteiger partial charge in [-0.15, -0.1) is 0 Å². The summed E-state index contributed by atoms with van der Waals surface area (Å²) in [5.41, 5.74) is 3.07. The Morgan fingerprint density at radius 1 is 1.03 bits per heavy atom. The number of ether oxygens (including phenoxy) is 1. The second-order valence-electron chi connectivity index (χ2n) is 8.95. The highest BCUT2D eigenvalue weighted by atomic mass is 16.5. The van der Waals surface area contributed by atoms with Gasteiger partial charge in [0.05, 0.1) is 18.4 Å². The van der Waals surface area contributed by atoms with Crippen molar-refractivity contribution in [3.63, 3.8) is 0 Å². The first-order valence-corrected chi connectivity index (χ1v) is 12.2. The van der Waals surface area contributed by atoms with E-state index in [1.54, 1.807) is 18.3 Å². The summed E-state index contributed by atoms with van der Waals surface area (Å²) in [4.78, 5) is 12.7. The zero-order chi connectivity index (χ0) is 24.9. The first kappa shape index (κ1) is 23.4. The lowest BCUT2D eigenvalue weighted by Crippen LogP contribution is -2.10. The number of benzene rings is 3. The highest BCUT2D eigenvalue weighted by molar-refractivity contribution is 6.02. The minimum Gasteiger partial charge on any atom is -0.486 e. The summed E-state index contributed by atoms with van der Waals surface area (Å²) < 4.78 is 13.3. The van der Waals surface area contributed by atoms with Crippen LogP contribution < -0.4 is 10.1 Å². The maximum Gasteiger partial charge on any atom is 0.291 e. The Hall–Kier alpha value is -4.32. The van der Waals surface area contributed by atoms with Crippen molar-refractivity contribution in [3.8, 4) is 5.75 Å². The zero-order valence-corrected chi connectivity index (χ0v) is 20.5. The number of hydrogen-bond acceptors (Lipinski definition) is 4. The molecule has 0 aliphatic rings. The summed E-state index contributed by atoms with van der Waals surface area (Å²) in [6.45, 7) is 5.25. The molecule has 2 aromatic heterocycles. The van der Waals surface area contributed by atoms with Crippen molar-refractivity contribution in [2.24, 2.45) is 0 Å². The van der Waals surface area contributed by atoms with Crippen LogP contribution in [0, 0.1) is 0 Å². The molecule has 2 heterocycles. The van der Waals surface area contributed by atoms with Gasteiger partial charge in [-0.05, 0) is 58.5 Å². The molecule has 6 heteroatoms. The molecule has 0 fully saturated rings. The topological polar surface area (TPSA) is 69.3 Å². The summed E-state index contributed by atoms with van der Waals surface area (Å²) in [5, 5.41) is 9.64.